The minimum atomic E-state index is -3.47. The fourth-order valence-corrected chi connectivity index (χ4v) is 4.97. The maximum Gasteiger partial charge on any atom is 0.243 e. The van der Waals surface area contributed by atoms with Crippen molar-refractivity contribution in [2.45, 2.75) is 24.2 Å². The number of fused-ring (bicyclic) bond motifs is 1. The number of benzene rings is 2. The molecule has 1 aliphatic rings. The van der Waals surface area contributed by atoms with Crippen molar-refractivity contribution in [3.05, 3.63) is 59.6 Å². The Morgan fingerprint density at radius 2 is 1.90 bits per heavy atom. The van der Waals surface area contributed by atoms with Gasteiger partial charge in [-0.2, -0.15) is 9.57 Å². The Morgan fingerprint density at radius 3 is 2.60 bits per heavy atom. The molecule has 0 saturated carbocycles. The number of halogens is 1. The van der Waals surface area contributed by atoms with Crippen LogP contribution in [0.4, 0.5) is 5.69 Å². The number of aromatic nitrogens is 1. The highest BCUT2D eigenvalue weighted by Crippen LogP contribution is 2.25. The molecule has 0 radical (unpaired) electrons. The summed E-state index contributed by atoms with van der Waals surface area (Å²) in [5, 5.41) is 13.0. The van der Waals surface area contributed by atoms with Crippen LogP contribution in [0, 0.1) is 11.3 Å². The number of rotatable bonds is 5. The number of oxazole rings is 1. The summed E-state index contributed by atoms with van der Waals surface area (Å²) < 4.78 is 32.6. The van der Waals surface area contributed by atoms with E-state index in [1.807, 2.05) is 6.07 Å². The van der Waals surface area contributed by atoms with E-state index in [0.717, 1.165) is 19.3 Å². The van der Waals surface area contributed by atoms with E-state index in [1.165, 1.54) is 10.5 Å². The Balaban J connectivity index is 1.51. The van der Waals surface area contributed by atoms with Crippen LogP contribution in [-0.4, -0.2) is 30.8 Å². The summed E-state index contributed by atoms with van der Waals surface area (Å²) in [6, 6.07) is 13.5. The third kappa shape index (κ3) is 4.19. The first-order valence-electron chi connectivity index (χ1n) is 9.51. The van der Waals surface area contributed by atoms with Crippen molar-refractivity contribution in [2.24, 2.45) is 0 Å². The van der Waals surface area contributed by atoms with Crippen LogP contribution in [0.15, 0.2) is 58.0 Å². The normalized spacial score (nSPS) is 15.8. The number of nitrogens with one attached hydrogen (secondary N) is 1. The lowest BCUT2D eigenvalue weighted by Crippen LogP contribution is -2.35. The summed E-state index contributed by atoms with van der Waals surface area (Å²) in [7, 11) is -3.47. The van der Waals surface area contributed by atoms with Gasteiger partial charge in [-0.05, 0) is 55.3 Å². The Bertz CT molecular complexity index is 1240. The molecule has 0 aliphatic carbocycles. The SMILES string of the molecule is N#C/C(=C/Nc1ccc(S(=O)(=O)N2CCCCC2)cc1)c1nc2cc(Cl)ccc2o1. The monoisotopic (exact) mass is 442 g/mol. The van der Waals surface area contributed by atoms with Crippen molar-refractivity contribution in [1.82, 2.24) is 9.29 Å². The van der Waals surface area contributed by atoms with Crippen molar-refractivity contribution < 1.29 is 12.8 Å². The fourth-order valence-electron chi connectivity index (χ4n) is 3.29. The zero-order valence-electron chi connectivity index (χ0n) is 16.0. The highest BCUT2D eigenvalue weighted by Gasteiger charge is 2.25. The van der Waals surface area contributed by atoms with Gasteiger partial charge in [0, 0.05) is 30.0 Å². The number of allylic oxidation sites excluding steroid dienone is 1. The number of hydrogen-bond acceptors (Lipinski definition) is 6. The molecule has 2 heterocycles. The van der Waals surface area contributed by atoms with E-state index in [1.54, 1.807) is 42.5 Å². The molecule has 1 aromatic heterocycles. The molecule has 9 heteroatoms. The van der Waals surface area contributed by atoms with Gasteiger partial charge >= 0.3 is 0 Å². The van der Waals surface area contributed by atoms with Gasteiger partial charge in [-0.25, -0.2) is 13.4 Å². The van der Waals surface area contributed by atoms with Crippen LogP contribution in [0.3, 0.4) is 0 Å². The molecule has 0 spiro atoms. The molecule has 3 aromatic rings. The van der Waals surface area contributed by atoms with Crippen LogP contribution in [-0.2, 0) is 10.0 Å². The molecular formula is C21H19ClN4O3S. The molecule has 2 aromatic carbocycles. The van der Waals surface area contributed by atoms with Crippen molar-refractivity contribution >= 4 is 44.0 Å². The Kier molecular flexibility index (Phi) is 5.77. The lowest BCUT2D eigenvalue weighted by Gasteiger charge is -2.25. The summed E-state index contributed by atoms with van der Waals surface area (Å²) >= 11 is 5.96. The molecule has 0 bridgehead atoms. The quantitative estimate of drug-likeness (QED) is 0.578. The van der Waals surface area contributed by atoms with Crippen molar-refractivity contribution in [3.63, 3.8) is 0 Å². The van der Waals surface area contributed by atoms with E-state index < -0.39 is 10.0 Å². The molecule has 30 heavy (non-hydrogen) atoms. The van der Waals surface area contributed by atoms with E-state index in [-0.39, 0.29) is 16.4 Å². The van der Waals surface area contributed by atoms with Gasteiger partial charge in [0.25, 0.3) is 0 Å². The molecule has 0 amide bonds. The van der Waals surface area contributed by atoms with Gasteiger partial charge < -0.3 is 9.73 Å². The molecule has 1 aliphatic heterocycles. The first kappa shape index (κ1) is 20.4. The van der Waals surface area contributed by atoms with Gasteiger partial charge in [0.05, 0.1) is 4.90 Å². The van der Waals surface area contributed by atoms with Crippen LogP contribution in [0.5, 0.6) is 0 Å². The summed E-state index contributed by atoms with van der Waals surface area (Å²) in [6.07, 6.45) is 4.32. The van der Waals surface area contributed by atoms with E-state index in [2.05, 4.69) is 10.3 Å². The standard InChI is InChI=1S/C21H19ClN4O3S/c22-16-4-9-20-19(12-16)25-21(29-20)15(13-23)14-24-17-5-7-18(8-6-17)30(27,28)26-10-2-1-3-11-26/h4-9,12,14,24H,1-3,10-11H2/b15-14-. The van der Waals surface area contributed by atoms with Crippen LogP contribution in [0.2, 0.25) is 5.02 Å². The number of hydrogen-bond donors (Lipinski definition) is 1. The van der Waals surface area contributed by atoms with Gasteiger partial charge in [-0.3, -0.25) is 0 Å². The van der Waals surface area contributed by atoms with Crippen LogP contribution >= 0.6 is 11.6 Å². The van der Waals surface area contributed by atoms with Crippen molar-refractivity contribution in [1.29, 1.82) is 5.26 Å². The molecule has 0 atom stereocenters. The fraction of sp³-hybridized carbons (Fsp3) is 0.238. The van der Waals surface area contributed by atoms with Crippen molar-refractivity contribution in [2.75, 3.05) is 18.4 Å². The smallest absolute Gasteiger partial charge is 0.243 e. The third-order valence-corrected chi connectivity index (χ3v) is 7.04. The second-order valence-electron chi connectivity index (χ2n) is 6.93. The van der Waals surface area contributed by atoms with E-state index in [4.69, 9.17) is 16.0 Å². The molecule has 1 saturated heterocycles. The van der Waals surface area contributed by atoms with Crippen LogP contribution in [0.1, 0.15) is 25.2 Å². The number of nitriles is 1. The minimum Gasteiger partial charge on any atom is -0.435 e. The molecule has 1 fully saturated rings. The van der Waals surface area contributed by atoms with Gasteiger partial charge in [-0.1, -0.05) is 18.0 Å². The topological polar surface area (TPSA) is 99.2 Å². The predicted molar refractivity (Wildman–Crippen MR) is 115 cm³/mol. The minimum absolute atomic E-state index is 0.173. The molecular weight excluding hydrogens is 424 g/mol. The second kappa shape index (κ2) is 8.48. The maximum atomic E-state index is 12.7. The lowest BCUT2D eigenvalue weighted by atomic mass is 10.2. The summed E-state index contributed by atoms with van der Waals surface area (Å²) in [5.74, 6) is 0.173. The van der Waals surface area contributed by atoms with Gasteiger partial charge in [-0.15, -0.1) is 0 Å². The number of nitrogens with zero attached hydrogens (tertiary/aromatic N) is 3. The summed E-state index contributed by atoms with van der Waals surface area (Å²) in [5.41, 5.74) is 1.93. The highest BCUT2D eigenvalue weighted by atomic mass is 35.5. The molecule has 154 valence electrons. The van der Waals surface area contributed by atoms with E-state index >= 15 is 0 Å². The van der Waals surface area contributed by atoms with Gasteiger partial charge in [0.2, 0.25) is 15.9 Å². The zero-order valence-corrected chi connectivity index (χ0v) is 17.6. The van der Waals surface area contributed by atoms with Gasteiger partial charge in [0.1, 0.15) is 17.2 Å². The summed E-state index contributed by atoms with van der Waals surface area (Å²) in [4.78, 5) is 4.55. The van der Waals surface area contributed by atoms with Crippen LogP contribution in [0.25, 0.3) is 16.7 Å². The number of sulfonamides is 1. The van der Waals surface area contributed by atoms with E-state index in [0.29, 0.717) is 34.9 Å². The predicted octanol–water partition coefficient (Wildman–Crippen LogP) is 4.63. The van der Waals surface area contributed by atoms with Crippen LogP contribution < -0.4 is 5.32 Å². The largest absolute Gasteiger partial charge is 0.435 e. The molecule has 0 unspecified atom stereocenters. The van der Waals surface area contributed by atoms with Crippen molar-refractivity contribution in [3.8, 4) is 6.07 Å². The maximum absolute atomic E-state index is 12.7. The first-order chi connectivity index (χ1) is 14.5. The molecule has 7 nitrogen and oxygen atoms in total. The zero-order chi connectivity index (χ0) is 21.1. The number of piperidine rings is 1. The average molecular weight is 443 g/mol. The second-order valence-corrected chi connectivity index (χ2v) is 9.31. The Hall–Kier alpha value is -2.86. The van der Waals surface area contributed by atoms with Gasteiger partial charge in [0.15, 0.2) is 5.58 Å². The van der Waals surface area contributed by atoms with E-state index in [9.17, 15) is 13.7 Å². The Morgan fingerprint density at radius 1 is 1.17 bits per heavy atom. The molecule has 1 N–H and O–H groups in total. The average Bonchev–Trinajstić information content (AvgIpc) is 3.18. The lowest BCUT2D eigenvalue weighted by molar-refractivity contribution is 0.346. The highest BCUT2D eigenvalue weighted by molar-refractivity contribution is 7.89. The first-order valence-corrected chi connectivity index (χ1v) is 11.3. The number of anilines is 1. The Labute approximate surface area is 179 Å². The third-order valence-electron chi connectivity index (χ3n) is 4.89. The molecule has 4 rings (SSSR count). The summed E-state index contributed by atoms with van der Waals surface area (Å²) in [6.45, 7) is 1.12.